The summed E-state index contributed by atoms with van der Waals surface area (Å²) in [4.78, 5) is 4.75. The van der Waals surface area contributed by atoms with E-state index in [0.29, 0.717) is 0 Å². The molecule has 1 aliphatic rings. The summed E-state index contributed by atoms with van der Waals surface area (Å²) in [6, 6.07) is 8.05. The number of benzene rings is 1. The van der Waals surface area contributed by atoms with Crippen molar-refractivity contribution in [3.8, 4) is 0 Å². The number of aryl methyl sites for hydroxylation is 1. The molecule has 22 heavy (non-hydrogen) atoms. The van der Waals surface area contributed by atoms with E-state index < -0.39 is 0 Å². The molecule has 0 N–H and O–H groups in total. The van der Waals surface area contributed by atoms with Gasteiger partial charge in [0, 0.05) is 43.4 Å². The summed E-state index contributed by atoms with van der Waals surface area (Å²) in [5.41, 5.74) is 1.19. The fourth-order valence-corrected chi connectivity index (χ4v) is 3.16. The van der Waals surface area contributed by atoms with Crippen LogP contribution in [0.3, 0.4) is 0 Å². The molecule has 2 heterocycles. The minimum absolute atomic E-state index is 0.759. The highest BCUT2D eigenvalue weighted by Crippen LogP contribution is 2.20. The Morgan fingerprint density at radius 2 is 2.00 bits per heavy atom. The predicted octanol–water partition coefficient (Wildman–Crippen LogP) is 2.87. The Morgan fingerprint density at radius 1 is 1.23 bits per heavy atom. The van der Waals surface area contributed by atoms with Gasteiger partial charge in [-0.3, -0.25) is 4.90 Å². The van der Waals surface area contributed by atoms with Crippen LogP contribution < -0.4 is 4.90 Å². The molecular weight excluding hydrogens is 318 g/mol. The summed E-state index contributed by atoms with van der Waals surface area (Å²) in [5.74, 6) is 0. The highest BCUT2D eigenvalue weighted by molar-refractivity contribution is 7.71. The smallest absolute Gasteiger partial charge is 0.198 e. The maximum absolute atomic E-state index is 6.07. The monoisotopic (exact) mass is 337 g/mol. The second kappa shape index (κ2) is 6.81. The first kappa shape index (κ1) is 15.5. The van der Waals surface area contributed by atoms with Gasteiger partial charge < -0.3 is 9.47 Å². The van der Waals surface area contributed by atoms with E-state index in [1.807, 2.05) is 33.8 Å². The summed E-state index contributed by atoms with van der Waals surface area (Å²) in [7, 11) is 0. The number of rotatable bonds is 4. The van der Waals surface area contributed by atoms with Gasteiger partial charge in [0.1, 0.15) is 6.33 Å². The zero-order valence-electron chi connectivity index (χ0n) is 12.7. The highest BCUT2D eigenvalue weighted by Gasteiger charge is 2.18. The summed E-state index contributed by atoms with van der Waals surface area (Å²) in [5, 5.41) is 5.16. The normalized spacial score (nSPS) is 16.2. The van der Waals surface area contributed by atoms with Crippen LogP contribution in [0.5, 0.6) is 0 Å². The second-order valence-electron chi connectivity index (χ2n) is 5.43. The Balaban J connectivity index is 1.60. The lowest BCUT2D eigenvalue weighted by Crippen LogP contribution is -2.47. The van der Waals surface area contributed by atoms with Crippen LogP contribution in [-0.2, 0) is 13.2 Å². The van der Waals surface area contributed by atoms with Crippen molar-refractivity contribution in [3.05, 3.63) is 40.4 Å². The molecule has 5 nitrogen and oxygen atoms in total. The molecule has 0 atom stereocenters. The molecule has 7 heteroatoms. The molecule has 1 fully saturated rings. The standard InChI is InChI=1S/C15H20ClN5S/c1-2-19-11-17-21(15(19)22)12-18-6-8-20(9-7-18)14-5-3-4-13(16)10-14/h3-5,10-11H,2,6-9,12H2,1H3. The number of piperazine rings is 1. The fourth-order valence-electron chi connectivity index (χ4n) is 2.70. The summed E-state index contributed by atoms with van der Waals surface area (Å²) < 4.78 is 4.67. The van der Waals surface area contributed by atoms with Crippen molar-refractivity contribution in [2.45, 2.75) is 20.1 Å². The number of hydrogen-bond acceptors (Lipinski definition) is 4. The molecule has 1 aromatic heterocycles. The second-order valence-corrected chi connectivity index (χ2v) is 6.23. The van der Waals surface area contributed by atoms with E-state index in [2.05, 4.69) is 27.9 Å². The highest BCUT2D eigenvalue weighted by atomic mass is 35.5. The molecule has 3 rings (SSSR count). The lowest BCUT2D eigenvalue weighted by Gasteiger charge is -2.35. The van der Waals surface area contributed by atoms with Gasteiger partial charge in [-0.2, -0.15) is 5.10 Å². The lowest BCUT2D eigenvalue weighted by molar-refractivity contribution is 0.194. The molecule has 0 bridgehead atoms. The van der Waals surface area contributed by atoms with E-state index in [1.165, 1.54) is 5.69 Å². The summed E-state index contributed by atoms with van der Waals surface area (Å²) in [6.45, 7) is 7.66. The van der Waals surface area contributed by atoms with Crippen molar-refractivity contribution in [1.82, 2.24) is 19.2 Å². The molecule has 1 saturated heterocycles. The Hall–Kier alpha value is -1.37. The van der Waals surface area contributed by atoms with E-state index in [-0.39, 0.29) is 0 Å². The minimum Gasteiger partial charge on any atom is -0.369 e. The van der Waals surface area contributed by atoms with Crippen molar-refractivity contribution < 1.29 is 0 Å². The van der Waals surface area contributed by atoms with Gasteiger partial charge in [-0.15, -0.1) is 0 Å². The zero-order valence-corrected chi connectivity index (χ0v) is 14.2. The van der Waals surface area contributed by atoms with Crippen LogP contribution in [0, 0.1) is 4.77 Å². The first-order valence-corrected chi connectivity index (χ1v) is 8.31. The molecule has 0 amide bonds. The molecule has 0 unspecified atom stereocenters. The maximum atomic E-state index is 6.07. The van der Waals surface area contributed by atoms with Gasteiger partial charge in [-0.1, -0.05) is 17.7 Å². The van der Waals surface area contributed by atoms with E-state index in [4.69, 9.17) is 23.8 Å². The third-order valence-electron chi connectivity index (χ3n) is 4.02. The van der Waals surface area contributed by atoms with Gasteiger partial charge in [0.2, 0.25) is 0 Å². The van der Waals surface area contributed by atoms with Gasteiger partial charge >= 0.3 is 0 Å². The first-order chi connectivity index (χ1) is 10.7. The van der Waals surface area contributed by atoms with Crippen molar-refractivity contribution in [2.75, 3.05) is 31.1 Å². The summed E-state index contributed by atoms with van der Waals surface area (Å²) >= 11 is 11.5. The molecular formula is C15H20ClN5S. The Labute approximate surface area is 140 Å². The third kappa shape index (κ3) is 3.34. The summed E-state index contributed by atoms with van der Waals surface area (Å²) in [6.07, 6.45) is 1.81. The van der Waals surface area contributed by atoms with E-state index in [0.717, 1.165) is 49.2 Å². The SMILES string of the molecule is CCn1cnn(CN2CCN(c3cccc(Cl)c3)CC2)c1=S. The van der Waals surface area contributed by atoms with Gasteiger partial charge in [-0.05, 0) is 37.3 Å². The van der Waals surface area contributed by atoms with Crippen LogP contribution in [0.4, 0.5) is 5.69 Å². The minimum atomic E-state index is 0.759. The number of hydrogen-bond donors (Lipinski definition) is 0. The molecule has 0 spiro atoms. The molecule has 118 valence electrons. The largest absolute Gasteiger partial charge is 0.369 e. The molecule has 1 aliphatic heterocycles. The van der Waals surface area contributed by atoms with Gasteiger partial charge in [0.15, 0.2) is 4.77 Å². The fraction of sp³-hybridized carbons (Fsp3) is 0.467. The molecule has 0 saturated carbocycles. The number of aromatic nitrogens is 3. The zero-order chi connectivity index (χ0) is 15.5. The third-order valence-corrected chi connectivity index (χ3v) is 4.70. The predicted molar refractivity (Wildman–Crippen MR) is 92.0 cm³/mol. The van der Waals surface area contributed by atoms with E-state index >= 15 is 0 Å². The van der Waals surface area contributed by atoms with Gasteiger partial charge in [0.25, 0.3) is 0 Å². The van der Waals surface area contributed by atoms with Crippen LogP contribution in [0.2, 0.25) is 5.02 Å². The Morgan fingerprint density at radius 3 is 2.64 bits per heavy atom. The molecule has 0 radical (unpaired) electrons. The van der Waals surface area contributed by atoms with Crippen LogP contribution in [0.15, 0.2) is 30.6 Å². The van der Waals surface area contributed by atoms with Crippen LogP contribution in [0.1, 0.15) is 6.92 Å². The van der Waals surface area contributed by atoms with Gasteiger partial charge in [0.05, 0.1) is 6.67 Å². The topological polar surface area (TPSA) is 29.2 Å². The average Bonchev–Trinajstić information content (AvgIpc) is 2.88. The number of anilines is 1. The maximum Gasteiger partial charge on any atom is 0.198 e. The Bertz CT molecular complexity index is 687. The van der Waals surface area contributed by atoms with E-state index in [9.17, 15) is 0 Å². The van der Waals surface area contributed by atoms with Gasteiger partial charge in [-0.25, -0.2) is 4.68 Å². The molecule has 0 aliphatic carbocycles. The van der Waals surface area contributed by atoms with Crippen molar-refractivity contribution in [3.63, 3.8) is 0 Å². The Kier molecular flexibility index (Phi) is 4.81. The molecule has 2 aromatic rings. The number of halogens is 1. The molecule has 1 aromatic carbocycles. The number of nitrogens with zero attached hydrogens (tertiary/aromatic N) is 5. The van der Waals surface area contributed by atoms with Crippen molar-refractivity contribution >= 4 is 29.5 Å². The average molecular weight is 338 g/mol. The van der Waals surface area contributed by atoms with Crippen LogP contribution in [0.25, 0.3) is 0 Å². The van der Waals surface area contributed by atoms with E-state index in [1.54, 1.807) is 0 Å². The van der Waals surface area contributed by atoms with Crippen LogP contribution >= 0.6 is 23.8 Å². The van der Waals surface area contributed by atoms with Crippen molar-refractivity contribution in [2.24, 2.45) is 0 Å². The lowest BCUT2D eigenvalue weighted by atomic mass is 10.2. The van der Waals surface area contributed by atoms with Crippen molar-refractivity contribution in [1.29, 1.82) is 0 Å². The quantitative estimate of drug-likeness (QED) is 0.802. The first-order valence-electron chi connectivity index (χ1n) is 7.52. The van der Waals surface area contributed by atoms with Crippen LogP contribution in [-0.4, -0.2) is 45.4 Å².